The van der Waals surface area contributed by atoms with Gasteiger partial charge in [-0.3, -0.25) is 9.69 Å². The van der Waals surface area contributed by atoms with Gasteiger partial charge in [-0.2, -0.15) is 0 Å². The number of nitrogens with one attached hydrogen (secondary N) is 1. The quantitative estimate of drug-likeness (QED) is 0.798. The molecule has 1 fully saturated rings. The van der Waals surface area contributed by atoms with Crippen molar-refractivity contribution < 1.29 is 9.18 Å². The molecule has 0 aliphatic carbocycles. The maximum Gasteiger partial charge on any atom is 0.241 e. The average Bonchev–Trinajstić information content (AvgIpc) is 2.73. The van der Waals surface area contributed by atoms with Gasteiger partial charge < -0.3 is 10.2 Å². The lowest BCUT2D eigenvalue weighted by atomic mass is 9.97. The second-order valence-electron chi connectivity index (χ2n) is 7.56. The summed E-state index contributed by atoms with van der Waals surface area (Å²) in [6.07, 6.45) is 1.04. The lowest BCUT2D eigenvalue weighted by Crippen LogP contribution is -2.52. The summed E-state index contributed by atoms with van der Waals surface area (Å²) in [5.41, 5.74) is 3.13. The Hall–Kier alpha value is -2.40. The van der Waals surface area contributed by atoms with Crippen LogP contribution in [-0.2, 0) is 4.79 Å². The molecule has 5 heteroatoms. The van der Waals surface area contributed by atoms with Crippen LogP contribution in [0.25, 0.3) is 0 Å². The normalized spacial score (nSPS) is 17.2. The van der Waals surface area contributed by atoms with E-state index >= 15 is 0 Å². The number of hydrogen-bond acceptors (Lipinski definition) is 3. The Bertz CT molecular complexity index is 785. The number of nitrogens with zero attached hydrogens (tertiary/aromatic N) is 2. The fourth-order valence-corrected chi connectivity index (χ4v) is 3.68. The lowest BCUT2D eigenvalue weighted by molar-refractivity contribution is -0.120. The van der Waals surface area contributed by atoms with Crippen molar-refractivity contribution in [3.63, 3.8) is 0 Å². The molecule has 4 nitrogen and oxygen atoms in total. The Morgan fingerprint density at radius 1 is 1.04 bits per heavy atom. The van der Waals surface area contributed by atoms with E-state index in [1.54, 1.807) is 0 Å². The zero-order valence-electron chi connectivity index (χ0n) is 17.0. The van der Waals surface area contributed by atoms with Gasteiger partial charge in [0.1, 0.15) is 5.82 Å². The summed E-state index contributed by atoms with van der Waals surface area (Å²) < 4.78 is 13.1. The number of rotatable bonds is 6. The summed E-state index contributed by atoms with van der Waals surface area (Å²) in [7, 11) is 0. The van der Waals surface area contributed by atoms with E-state index < -0.39 is 0 Å². The molecular weight excluding hydrogens is 353 g/mol. The van der Waals surface area contributed by atoms with E-state index in [1.165, 1.54) is 17.7 Å². The first-order valence-electron chi connectivity index (χ1n) is 10.1. The molecular formula is C23H30FN3O. The van der Waals surface area contributed by atoms with E-state index in [-0.39, 0.29) is 17.8 Å². The minimum atomic E-state index is -0.217. The van der Waals surface area contributed by atoms with Gasteiger partial charge in [0.05, 0.1) is 6.04 Å². The van der Waals surface area contributed by atoms with Gasteiger partial charge in [-0.15, -0.1) is 0 Å². The molecule has 2 aromatic carbocycles. The third kappa shape index (κ3) is 4.71. The van der Waals surface area contributed by atoms with Crippen LogP contribution >= 0.6 is 0 Å². The topological polar surface area (TPSA) is 35.6 Å². The van der Waals surface area contributed by atoms with Crippen LogP contribution in [0.15, 0.2) is 48.5 Å². The Morgan fingerprint density at radius 3 is 2.32 bits per heavy atom. The maximum absolute atomic E-state index is 13.1. The monoisotopic (exact) mass is 383 g/mol. The van der Waals surface area contributed by atoms with Gasteiger partial charge in [0.15, 0.2) is 0 Å². The molecule has 2 atom stereocenters. The number of halogens is 1. The standard InChI is InChI=1S/C23H30FN3O/c1-4-17(2)21-7-5-6-8-22(21)25-23(28)18(3)26-13-15-27(16-14-26)20-11-9-19(24)10-12-20/h5-12,17-18H,4,13-16H2,1-3H3,(H,25,28)/t17-,18-/m1/s1. The van der Waals surface area contributed by atoms with Crippen LogP contribution < -0.4 is 10.2 Å². The summed E-state index contributed by atoms with van der Waals surface area (Å²) in [6, 6.07) is 14.5. The van der Waals surface area contributed by atoms with Crippen LogP contribution in [0.5, 0.6) is 0 Å². The van der Waals surface area contributed by atoms with E-state index in [0.29, 0.717) is 5.92 Å². The SMILES string of the molecule is CC[C@@H](C)c1ccccc1NC(=O)[C@@H](C)N1CCN(c2ccc(F)cc2)CC1. The molecule has 2 aromatic rings. The fourth-order valence-electron chi connectivity index (χ4n) is 3.68. The molecule has 0 aromatic heterocycles. The van der Waals surface area contributed by atoms with Gasteiger partial charge in [0.2, 0.25) is 5.91 Å². The van der Waals surface area contributed by atoms with Gasteiger partial charge in [0, 0.05) is 37.6 Å². The smallest absolute Gasteiger partial charge is 0.241 e. The van der Waals surface area contributed by atoms with Gasteiger partial charge in [0.25, 0.3) is 0 Å². The molecule has 0 radical (unpaired) electrons. The van der Waals surface area contributed by atoms with Crippen molar-refractivity contribution in [1.82, 2.24) is 4.90 Å². The van der Waals surface area contributed by atoms with E-state index in [2.05, 4.69) is 35.0 Å². The van der Waals surface area contributed by atoms with Crippen molar-refractivity contribution in [2.75, 3.05) is 36.4 Å². The van der Waals surface area contributed by atoms with Crippen molar-refractivity contribution in [3.8, 4) is 0 Å². The zero-order chi connectivity index (χ0) is 20.1. The van der Waals surface area contributed by atoms with Gasteiger partial charge in [-0.25, -0.2) is 4.39 Å². The molecule has 1 N–H and O–H groups in total. The molecule has 0 spiro atoms. The van der Waals surface area contributed by atoms with Crippen molar-refractivity contribution in [2.24, 2.45) is 0 Å². The van der Waals surface area contributed by atoms with E-state index in [4.69, 9.17) is 0 Å². The highest BCUT2D eigenvalue weighted by Crippen LogP contribution is 2.27. The predicted octanol–water partition coefficient (Wildman–Crippen LogP) is 4.49. The van der Waals surface area contributed by atoms with Crippen LogP contribution in [0.1, 0.15) is 38.7 Å². The number of hydrogen-bond donors (Lipinski definition) is 1. The van der Waals surface area contributed by atoms with Crippen molar-refractivity contribution in [3.05, 3.63) is 59.9 Å². The molecule has 150 valence electrons. The molecule has 1 aliphatic heterocycles. The predicted molar refractivity (Wildman–Crippen MR) is 113 cm³/mol. The molecule has 0 bridgehead atoms. The molecule has 3 rings (SSSR count). The number of carbonyl (C=O) groups is 1. The first-order valence-corrected chi connectivity index (χ1v) is 10.1. The first kappa shape index (κ1) is 20.3. The Labute approximate surface area is 167 Å². The first-order chi connectivity index (χ1) is 13.5. The third-order valence-electron chi connectivity index (χ3n) is 5.80. The van der Waals surface area contributed by atoms with Crippen LogP contribution in [0.2, 0.25) is 0 Å². The Balaban J connectivity index is 1.58. The highest BCUT2D eigenvalue weighted by Gasteiger charge is 2.26. The summed E-state index contributed by atoms with van der Waals surface area (Å²) in [5, 5.41) is 3.14. The largest absolute Gasteiger partial charge is 0.369 e. The zero-order valence-corrected chi connectivity index (χ0v) is 17.0. The number of para-hydroxylation sites is 1. The van der Waals surface area contributed by atoms with Gasteiger partial charge in [-0.05, 0) is 55.2 Å². The molecule has 1 amide bonds. The van der Waals surface area contributed by atoms with E-state index in [1.807, 2.05) is 37.3 Å². The highest BCUT2D eigenvalue weighted by atomic mass is 19.1. The molecule has 1 saturated heterocycles. The highest BCUT2D eigenvalue weighted by molar-refractivity contribution is 5.95. The van der Waals surface area contributed by atoms with E-state index in [0.717, 1.165) is 44.0 Å². The molecule has 1 aliphatic rings. The summed E-state index contributed by atoms with van der Waals surface area (Å²) in [4.78, 5) is 17.3. The van der Waals surface area contributed by atoms with Crippen molar-refractivity contribution in [2.45, 2.75) is 39.2 Å². The van der Waals surface area contributed by atoms with Crippen LogP contribution in [0, 0.1) is 5.82 Å². The minimum absolute atomic E-state index is 0.0333. The van der Waals surface area contributed by atoms with E-state index in [9.17, 15) is 9.18 Å². The molecule has 0 saturated carbocycles. The van der Waals surface area contributed by atoms with Gasteiger partial charge in [-0.1, -0.05) is 32.0 Å². The van der Waals surface area contributed by atoms with Crippen LogP contribution in [0.4, 0.5) is 15.8 Å². The summed E-state index contributed by atoms with van der Waals surface area (Å²) >= 11 is 0. The molecule has 28 heavy (non-hydrogen) atoms. The second-order valence-corrected chi connectivity index (χ2v) is 7.56. The minimum Gasteiger partial charge on any atom is -0.369 e. The number of amides is 1. The second kappa shape index (κ2) is 9.20. The Kier molecular flexibility index (Phi) is 6.68. The Morgan fingerprint density at radius 2 is 1.68 bits per heavy atom. The third-order valence-corrected chi connectivity index (χ3v) is 5.80. The summed E-state index contributed by atoms with van der Waals surface area (Å²) in [5.74, 6) is 0.224. The van der Waals surface area contributed by atoms with Crippen LogP contribution in [0.3, 0.4) is 0 Å². The van der Waals surface area contributed by atoms with Crippen molar-refractivity contribution >= 4 is 17.3 Å². The average molecular weight is 384 g/mol. The van der Waals surface area contributed by atoms with Crippen LogP contribution in [-0.4, -0.2) is 43.0 Å². The fraction of sp³-hybridized carbons (Fsp3) is 0.435. The number of benzene rings is 2. The maximum atomic E-state index is 13.1. The molecule has 1 heterocycles. The lowest BCUT2D eigenvalue weighted by Gasteiger charge is -2.38. The number of carbonyl (C=O) groups excluding carboxylic acids is 1. The van der Waals surface area contributed by atoms with Gasteiger partial charge >= 0.3 is 0 Å². The number of anilines is 2. The summed E-state index contributed by atoms with van der Waals surface area (Å²) in [6.45, 7) is 9.57. The number of piperazine rings is 1. The molecule has 0 unspecified atom stereocenters. The van der Waals surface area contributed by atoms with Crippen molar-refractivity contribution in [1.29, 1.82) is 0 Å².